The van der Waals surface area contributed by atoms with Crippen molar-refractivity contribution in [1.29, 1.82) is 0 Å². The number of amides is 2. The van der Waals surface area contributed by atoms with Crippen molar-refractivity contribution in [2.75, 3.05) is 12.0 Å². The van der Waals surface area contributed by atoms with Gasteiger partial charge in [0.1, 0.15) is 11.0 Å². The second-order valence-electron chi connectivity index (χ2n) is 7.37. The van der Waals surface area contributed by atoms with Crippen LogP contribution in [0.1, 0.15) is 21.9 Å². The molecule has 0 saturated carbocycles. The molecule has 1 aromatic heterocycles. The molecule has 30 heavy (non-hydrogen) atoms. The van der Waals surface area contributed by atoms with Crippen molar-refractivity contribution in [1.82, 2.24) is 4.98 Å². The van der Waals surface area contributed by atoms with E-state index >= 15 is 0 Å². The molecule has 8 heteroatoms. The molecule has 3 unspecified atom stereocenters. The van der Waals surface area contributed by atoms with Crippen LogP contribution in [0.15, 0.2) is 53.6 Å². The number of imide groups is 1. The molecule has 2 aliphatic heterocycles. The predicted molar refractivity (Wildman–Crippen MR) is 121 cm³/mol. The minimum atomic E-state index is -0.488. The Morgan fingerprint density at radius 2 is 1.87 bits per heavy atom. The van der Waals surface area contributed by atoms with E-state index in [1.165, 1.54) is 28.0 Å². The molecule has 2 amide bonds. The second kappa shape index (κ2) is 7.37. The van der Waals surface area contributed by atoms with Gasteiger partial charge in [-0.15, -0.1) is 11.3 Å². The number of nitrogens with zero attached hydrogens (tertiary/aromatic N) is 1. The fourth-order valence-electron chi connectivity index (χ4n) is 4.21. The lowest BCUT2D eigenvalue weighted by molar-refractivity contribution is -0.122. The summed E-state index contributed by atoms with van der Waals surface area (Å²) >= 11 is 8.28. The highest BCUT2D eigenvalue weighted by atomic mass is 32.2. The van der Waals surface area contributed by atoms with E-state index < -0.39 is 11.2 Å². The van der Waals surface area contributed by atoms with E-state index in [-0.39, 0.29) is 17.7 Å². The Morgan fingerprint density at radius 3 is 2.57 bits per heavy atom. The number of aromatic amines is 1. The normalized spacial score (nSPS) is 22.7. The molecule has 1 N–H and O–H groups in total. The monoisotopic (exact) mass is 454 g/mol. The Labute approximate surface area is 187 Å². The molecule has 3 heterocycles. The van der Waals surface area contributed by atoms with Crippen LogP contribution in [0.25, 0.3) is 0 Å². The van der Waals surface area contributed by atoms with Crippen LogP contribution in [0.2, 0.25) is 0 Å². The average molecular weight is 455 g/mol. The summed E-state index contributed by atoms with van der Waals surface area (Å²) in [6.07, 6.45) is 0. The van der Waals surface area contributed by atoms with Gasteiger partial charge in [-0.25, -0.2) is 4.90 Å². The molecule has 5 nitrogen and oxygen atoms in total. The average Bonchev–Trinajstić information content (AvgIpc) is 3.23. The summed E-state index contributed by atoms with van der Waals surface area (Å²) < 4.78 is 5.94. The number of ether oxygens (including phenoxy) is 1. The summed E-state index contributed by atoms with van der Waals surface area (Å²) in [5.41, 5.74) is 2.61. The highest BCUT2D eigenvalue weighted by Crippen LogP contribution is 2.54. The first-order chi connectivity index (χ1) is 14.5. The molecule has 2 aromatic carbocycles. The molecule has 0 radical (unpaired) electrons. The van der Waals surface area contributed by atoms with Crippen molar-refractivity contribution in [2.24, 2.45) is 5.92 Å². The maximum absolute atomic E-state index is 13.6. The molecular formula is C22H18N2O3S3. The highest BCUT2D eigenvalue weighted by Gasteiger charge is 2.56. The summed E-state index contributed by atoms with van der Waals surface area (Å²) in [4.78, 5) is 32.6. The van der Waals surface area contributed by atoms with Gasteiger partial charge in [-0.2, -0.15) is 0 Å². The number of H-pyrrole nitrogens is 1. The van der Waals surface area contributed by atoms with Gasteiger partial charge in [-0.3, -0.25) is 9.59 Å². The van der Waals surface area contributed by atoms with E-state index in [1.807, 2.05) is 55.5 Å². The summed E-state index contributed by atoms with van der Waals surface area (Å²) in [7, 11) is 1.62. The summed E-state index contributed by atoms with van der Waals surface area (Å²) in [6.45, 7) is 1.95. The maximum Gasteiger partial charge on any atom is 0.248 e. The molecular weight excluding hydrogens is 436 g/mol. The van der Waals surface area contributed by atoms with E-state index in [2.05, 4.69) is 4.98 Å². The summed E-state index contributed by atoms with van der Waals surface area (Å²) in [5.74, 6) is -0.298. The lowest BCUT2D eigenvalue weighted by atomic mass is 9.83. The van der Waals surface area contributed by atoms with Crippen LogP contribution in [-0.4, -0.2) is 29.2 Å². The lowest BCUT2D eigenvalue weighted by Gasteiger charge is -2.30. The number of benzene rings is 2. The zero-order valence-electron chi connectivity index (χ0n) is 16.2. The van der Waals surface area contributed by atoms with Crippen molar-refractivity contribution in [3.63, 3.8) is 0 Å². The zero-order valence-corrected chi connectivity index (χ0v) is 18.7. The van der Waals surface area contributed by atoms with Crippen LogP contribution < -0.4 is 9.64 Å². The first kappa shape index (κ1) is 19.5. The minimum absolute atomic E-state index is 0.158. The van der Waals surface area contributed by atoms with Crippen molar-refractivity contribution < 1.29 is 14.3 Å². The fourth-order valence-corrected chi connectivity index (χ4v) is 7.17. The maximum atomic E-state index is 13.6. The van der Waals surface area contributed by atoms with Crippen LogP contribution in [0.5, 0.6) is 5.75 Å². The first-order valence-corrected chi connectivity index (χ1v) is 11.6. The number of aromatic nitrogens is 1. The van der Waals surface area contributed by atoms with Crippen molar-refractivity contribution in [2.45, 2.75) is 23.1 Å². The fraction of sp³-hybridized carbons (Fsp3) is 0.227. The topological polar surface area (TPSA) is 62.4 Å². The minimum Gasteiger partial charge on any atom is -0.497 e. The number of hydrogen-bond donors (Lipinski definition) is 1. The molecule has 2 aliphatic rings. The number of nitrogens with one attached hydrogen (secondary N) is 1. The van der Waals surface area contributed by atoms with Crippen molar-refractivity contribution in [3.8, 4) is 5.75 Å². The molecule has 0 spiro atoms. The third-order valence-electron chi connectivity index (χ3n) is 5.56. The number of aryl methyl sites for hydroxylation is 1. The number of thioether (sulfide) groups is 1. The molecule has 0 aliphatic carbocycles. The Bertz CT molecular complexity index is 1210. The first-order valence-electron chi connectivity index (χ1n) is 9.46. The molecule has 152 valence electrons. The van der Waals surface area contributed by atoms with Gasteiger partial charge in [-0.05, 0) is 54.5 Å². The highest BCUT2D eigenvalue weighted by molar-refractivity contribution is 8.01. The van der Waals surface area contributed by atoms with Crippen LogP contribution >= 0.6 is 35.3 Å². The van der Waals surface area contributed by atoms with E-state index in [0.717, 1.165) is 26.8 Å². The summed E-state index contributed by atoms with van der Waals surface area (Å²) in [5, 5.41) is 0.400. The number of carbonyl (C=O) groups is 2. The number of carbonyl (C=O) groups excluding carboxylic acids is 2. The van der Waals surface area contributed by atoms with Gasteiger partial charge in [0.2, 0.25) is 11.8 Å². The van der Waals surface area contributed by atoms with Gasteiger partial charge >= 0.3 is 0 Å². The van der Waals surface area contributed by atoms with Gasteiger partial charge in [0.05, 0.1) is 23.7 Å². The van der Waals surface area contributed by atoms with E-state index in [9.17, 15) is 9.59 Å². The Morgan fingerprint density at radius 1 is 1.10 bits per heavy atom. The smallest absolute Gasteiger partial charge is 0.248 e. The predicted octanol–water partition coefficient (Wildman–Crippen LogP) is 4.92. The number of fused-ring (bicyclic) bond motifs is 2. The van der Waals surface area contributed by atoms with Gasteiger partial charge in [0, 0.05) is 10.8 Å². The van der Waals surface area contributed by atoms with Crippen LogP contribution in [0, 0.1) is 16.8 Å². The molecule has 3 atom stereocenters. The zero-order chi connectivity index (χ0) is 21.0. The SMILES string of the molecule is COc1ccc(C2c3sc(=S)[nH]c3SC3C(=O)N(c4cccc(C)c4)C(=O)C32)cc1. The van der Waals surface area contributed by atoms with Gasteiger partial charge in [-0.1, -0.05) is 36.0 Å². The van der Waals surface area contributed by atoms with Gasteiger partial charge < -0.3 is 9.72 Å². The van der Waals surface area contributed by atoms with E-state index in [0.29, 0.717) is 9.64 Å². The Kier molecular flexibility index (Phi) is 4.80. The van der Waals surface area contributed by atoms with Crippen molar-refractivity contribution in [3.05, 3.63) is 68.5 Å². The largest absolute Gasteiger partial charge is 0.497 e. The number of hydrogen-bond acceptors (Lipinski definition) is 6. The van der Waals surface area contributed by atoms with Crippen LogP contribution in [-0.2, 0) is 9.59 Å². The number of methoxy groups -OCH3 is 1. The molecule has 3 aromatic rings. The van der Waals surface area contributed by atoms with Gasteiger partial charge in [0.25, 0.3) is 0 Å². The second-order valence-corrected chi connectivity index (χ2v) is 10.2. The standard InChI is InChI=1S/C22H18N2O3S3/c1-11-4-3-5-13(10-11)24-20(25)16-15(12-6-8-14(27-2)9-7-12)17-19(23-22(28)30-17)29-18(16)21(24)26/h3-10,15-16,18H,1-2H3,(H,23,28). The third-order valence-corrected chi connectivity index (χ3v) is 8.31. The molecule has 5 rings (SSSR count). The summed E-state index contributed by atoms with van der Waals surface area (Å²) in [6, 6.07) is 15.2. The van der Waals surface area contributed by atoms with Crippen molar-refractivity contribution >= 4 is 52.8 Å². The Balaban J connectivity index is 1.64. The van der Waals surface area contributed by atoms with E-state index in [1.54, 1.807) is 7.11 Å². The van der Waals surface area contributed by atoms with Gasteiger partial charge in [0.15, 0.2) is 3.95 Å². The number of anilines is 1. The molecule has 0 bridgehead atoms. The number of rotatable bonds is 3. The third kappa shape index (κ3) is 3.02. The quantitative estimate of drug-likeness (QED) is 0.450. The van der Waals surface area contributed by atoms with E-state index in [4.69, 9.17) is 17.0 Å². The van der Waals surface area contributed by atoms with Crippen LogP contribution in [0.4, 0.5) is 5.69 Å². The number of thiazole rings is 1. The lowest BCUT2D eigenvalue weighted by Crippen LogP contribution is -2.32. The Hall–Kier alpha value is -2.42. The molecule has 1 fully saturated rings. The molecule has 1 saturated heterocycles. The van der Waals surface area contributed by atoms with Crippen LogP contribution in [0.3, 0.4) is 0 Å².